The highest BCUT2D eigenvalue weighted by Gasteiger charge is 2.28. The zero-order chi connectivity index (χ0) is 22.2. The minimum Gasteiger partial charge on any atom is -0.352 e. The lowest BCUT2D eigenvalue weighted by Gasteiger charge is -2.31. The van der Waals surface area contributed by atoms with E-state index in [0.29, 0.717) is 5.02 Å². The number of halogens is 2. The van der Waals surface area contributed by atoms with Crippen LogP contribution in [0.1, 0.15) is 44.6 Å². The second-order valence-corrected chi connectivity index (χ2v) is 9.40. The summed E-state index contributed by atoms with van der Waals surface area (Å²) in [6.45, 7) is 2.01. The number of amides is 2. The predicted octanol–water partition coefficient (Wildman–Crippen LogP) is 5.44. The number of nitrogens with zero attached hydrogens (tertiary/aromatic N) is 1. The maximum absolute atomic E-state index is 13.3. The molecule has 1 atom stereocenters. The fraction of sp³-hybridized carbons (Fsp3) is 0.417. The summed E-state index contributed by atoms with van der Waals surface area (Å²) < 4.78 is 13.3. The molecule has 2 amide bonds. The lowest BCUT2D eigenvalue weighted by atomic mass is 9.95. The van der Waals surface area contributed by atoms with Crippen LogP contribution in [0.3, 0.4) is 0 Å². The summed E-state index contributed by atoms with van der Waals surface area (Å²) in [6, 6.07) is 12.9. The van der Waals surface area contributed by atoms with Crippen molar-refractivity contribution in [2.24, 2.45) is 0 Å². The molecule has 0 spiro atoms. The van der Waals surface area contributed by atoms with E-state index in [9.17, 15) is 14.0 Å². The zero-order valence-corrected chi connectivity index (χ0v) is 19.2. The molecule has 7 heteroatoms. The van der Waals surface area contributed by atoms with Gasteiger partial charge in [0.15, 0.2) is 0 Å². The lowest BCUT2D eigenvalue weighted by Crippen LogP contribution is -2.50. The fourth-order valence-electron chi connectivity index (χ4n) is 3.70. The molecule has 0 aliphatic heterocycles. The van der Waals surface area contributed by atoms with Gasteiger partial charge in [0.1, 0.15) is 11.9 Å². The van der Waals surface area contributed by atoms with E-state index in [0.717, 1.165) is 36.1 Å². The summed E-state index contributed by atoms with van der Waals surface area (Å²) in [5, 5.41) is 3.75. The first-order valence-electron chi connectivity index (χ1n) is 10.6. The first-order chi connectivity index (χ1) is 14.9. The second-order valence-electron chi connectivity index (χ2n) is 7.91. The smallest absolute Gasteiger partial charge is 0.242 e. The molecule has 0 radical (unpaired) electrons. The average molecular weight is 463 g/mol. The molecule has 4 nitrogen and oxygen atoms in total. The highest BCUT2D eigenvalue weighted by Crippen LogP contribution is 2.22. The minimum absolute atomic E-state index is 0.140. The van der Waals surface area contributed by atoms with Crippen LogP contribution >= 0.6 is 23.4 Å². The summed E-state index contributed by atoms with van der Waals surface area (Å²) in [4.78, 5) is 28.6. The third kappa shape index (κ3) is 7.25. The molecule has 1 aliphatic rings. The number of hydrogen-bond donors (Lipinski definition) is 1. The van der Waals surface area contributed by atoms with Crippen LogP contribution < -0.4 is 5.32 Å². The first kappa shape index (κ1) is 23.6. The van der Waals surface area contributed by atoms with Crippen molar-refractivity contribution in [2.45, 2.75) is 62.6 Å². The molecule has 3 rings (SSSR count). The first-order valence-corrected chi connectivity index (χ1v) is 12.0. The van der Waals surface area contributed by atoms with Crippen LogP contribution in [0.15, 0.2) is 53.4 Å². The van der Waals surface area contributed by atoms with Crippen LogP contribution in [0.2, 0.25) is 5.02 Å². The predicted molar refractivity (Wildman–Crippen MR) is 124 cm³/mol. The van der Waals surface area contributed by atoms with Crippen LogP contribution in [0, 0.1) is 5.82 Å². The normalized spacial score (nSPS) is 15.3. The summed E-state index contributed by atoms with van der Waals surface area (Å²) in [6.07, 6.45) is 5.41. The van der Waals surface area contributed by atoms with E-state index >= 15 is 0 Å². The van der Waals surface area contributed by atoms with Gasteiger partial charge in [-0.2, -0.15) is 0 Å². The van der Waals surface area contributed by atoms with E-state index in [2.05, 4.69) is 5.32 Å². The van der Waals surface area contributed by atoms with Crippen LogP contribution in [0.25, 0.3) is 0 Å². The molecule has 2 aromatic carbocycles. The molecule has 0 bridgehead atoms. The largest absolute Gasteiger partial charge is 0.352 e. The standard InChI is InChI=1S/C24H28ClFN2O2S/c1-17(24(30)27-21-5-3-2-4-6-21)28(15-18-7-11-20(26)12-8-18)23(29)16-31-22-13-9-19(25)10-14-22/h7-14,17,21H,2-6,15-16H2,1H3,(H,27,30)/t17-/m1/s1. The Balaban J connectivity index is 1.69. The average Bonchev–Trinajstić information content (AvgIpc) is 2.78. The quantitative estimate of drug-likeness (QED) is 0.531. The van der Waals surface area contributed by atoms with Gasteiger partial charge < -0.3 is 10.2 Å². The molecule has 1 fully saturated rings. The Morgan fingerprint density at radius 2 is 1.74 bits per heavy atom. The Kier molecular flexibility index (Phi) is 8.79. The van der Waals surface area contributed by atoms with Gasteiger partial charge in [-0.25, -0.2) is 4.39 Å². The maximum atomic E-state index is 13.3. The SMILES string of the molecule is C[C@H](C(=O)NC1CCCCC1)N(Cc1ccc(F)cc1)C(=O)CSc1ccc(Cl)cc1. The molecule has 31 heavy (non-hydrogen) atoms. The van der Waals surface area contributed by atoms with Gasteiger partial charge in [0, 0.05) is 22.5 Å². The Bertz CT molecular complexity index is 870. The molecule has 1 N–H and O–H groups in total. The number of hydrogen-bond acceptors (Lipinski definition) is 3. The van der Waals surface area contributed by atoms with Crippen LogP contribution in [0.4, 0.5) is 4.39 Å². The summed E-state index contributed by atoms with van der Waals surface area (Å²) in [7, 11) is 0. The molecule has 1 aliphatic carbocycles. The van der Waals surface area contributed by atoms with Gasteiger partial charge in [0.2, 0.25) is 11.8 Å². The van der Waals surface area contributed by atoms with E-state index in [-0.39, 0.29) is 36.0 Å². The van der Waals surface area contributed by atoms with Crippen molar-refractivity contribution in [1.29, 1.82) is 0 Å². The molecule has 1 saturated carbocycles. The minimum atomic E-state index is -0.620. The Hall–Kier alpha value is -2.05. The van der Waals surface area contributed by atoms with Gasteiger partial charge in [-0.1, -0.05) is 43.0 Å². The Labute approximate surface area is 192 Å². The van der Waals surface area contributed by atoms with Crippen molar-refractivity contribution >= 4 is 35.2 Å². The van der Waals surface area contributed by atoms with Gasteiger partial charge in [0.05, 0.1) is 5.75 Å². The molecule has 0 unspecified atom stereocenters. The number of benzene rings is 2. The molecular weight excluding hydrogens is 435 g/mol. The molecule has 166 valence electrons. The highest BCUT2D eigenvalue weighted by molar-refractivity contribution is 8.00. The van der Waals surface area contributed by atoms with Gasteiger partial charge in [-0.05, 0) is 61.7 Å². The molecule has 0 heterocycles. The molecule has 2 aromatic rings. The second kappa shape index (κ2) is 11.5. The Morgan fingerprint density at radius 3 is 2.39 bits per heavy atom. The summed E-state index contributed by atoms with van der Waals surface area (Å²) in [5.41, 5.74) is 0.781. The lowest BCUT2D eigenvalue weighted by molar-refractivity contribution is -0.139. The van der Waals surface area contributed by atoms with Crippen molar-refractivity contribution in [1.82, 2.24) is 10.2 Å². The number of thioether (sulfide) groups is 1. The number of carbonyl (C=O) groups is 2. The summed E-state index contributed by atoms with van der Waals surface area (Å²) >= 11 is 7.33. The number of carbonyl (C=O) groups excluding carboxylic acids is 2. The van der Waals surface area contributed by atoms with Gasteiger partial charge in [-0.15, -0.1) is 11.8 Å². The maximum Gasteiger partial charge on any atom is 0.242 e. The third-order valence-electron chi connectivity index (χ3n) is 5.56. The molecule has 0 saturated heterocycles. The summed E-state index contributed by atoms with van der Waals surface area (Å²) in [5.74, 6) is -0.415. The van der Waals surface area contributed by atoms with Gasteiger partial charge in [0.25, 0.3) is 0 Å². The van der Waals surface area contributed by atoms with Crippen molar-refractivity contribution < 1.29 is 14.0 Å². The fourth-order valence-corrected chi connectivity index (χ4v) is 4.61. The van der Waals surface area contributed by atoms with E-state index < -0.39 is 6.04 Å². The van der Waals surface area contributed by atoms with E-state index in [1.807, 2.05) is 12.1 Å². The van der Waals surface area contributed by atoms with Gasteiger partial charge in [-0.3, -0.25) is 9.59 Å². The number of nitrogens with one attached hydrogen (secondary N) is 1. The zero-order valence-electron chi connectivity index (χ0n) is 17.7. The van der Waals surface area contributed by atoms with Crippen LogP contribution in [-0.4, -0.2) is 34.6 Å². The topological polar surface area (TPSA) is 49.4 Å². The van der Waals surface area contributed by atoms with Crippen molar-refractivity contribution in [2.75, 3.05) is 5.75 Å². The van der Waals surface area contributed by atoms with E-state index in [1.54, 1.807) is 36.1 Å². The molecular formula is C24H28ClFN2O2S. The van der Waals surface area contributed by atoms with Crippen LogP contribution in [0.5, 0.6) is 0 Å². The van der Waals surface area contributed by atoms with Gasteiger partial charge >= 0.3 is 0 Å². The monoisotopic (exact) mass is 462 g/mol. The Morgan fingerprint density at radius 1 is 1.10 bits per heavy atom. The van der Waals surface area contributed by atoms with Crippen LogP contribution in [-0.2, 0) is 16.1 Å². The van der Waals surface area contributed by atoms with E-state index in [4.69, 9.17) is 11.6 Å². The van der Waals surface area contributed by atoms with E-state index in [1.165, 1.54) is 30.3 Å². The van der Waals surface area contributed by atoms with Crippen molar-refractivity contribution in [3.8, 4) is 0 Å². The molecule has 0 aromatic heterocycles. The number of rotatable bonds is 8. The highest BCUT2D eigenvalue weighted by atomic mass is 35.5. The van der Waals surface area contributed by atoms with Crippen molar-refractivity contribution in [3.63, 3.8) is 0 Å². The third-order valence-corrected chi connectivity index (χ3v) is 6.81. The van der Waals surface area contributed by atoms with Crippen molar-refractivity contribution in [3.05, 3.63) is 64.9 Å².